The van der Waals surface area contributed by atoms with Crippen LogP contribution in [0.4, 0.5) is 13.2 Å². The topological polar surface area (TPSA) is 9.23 Å². The zero-order valence-corrected chi connectivity index (χ0v) is 8.90. The van der Waals surface area contributed by atoms with Gasteiger partial charge in [0.15, 0.2) is 6.17 Å². The molecule has 68 valence electrons. The van der Waals surface area contributed by atoms with Gasteiger partial charge in [0.05, 0.1) is 0 Å². The van der Waals surface area contributed by atoms with Crippen molar-refractivity contribution in [3.63, 3.8) is 0 Å². The van der Waals surface area contributed by atoms with Gasteiger partial charge >= 0.3 is 0 Å². The second kappa shape index (κ2) is 4.11. The molecule has 0 rings (SSSR count). The van der Waals surface area contributed by atoms with Crippen molar-refractivity contribution in [3.05, 3.63) is 0 Å². The summed E-state index contributed by atoms with van der Waals surface area (Å²) in [7, 11) is 0.450. The smallest absolute Gasteiger partial charge is 0.269 e. The third-order valence-electron chi connectivity index (χ3n) is 1.48. The summed E-state index contributed by atoms with van der Waals surface area (Å²) >= 11 is 0. The highest BCUT2D eigenvalue weighted by molar-refractivity contribution is 5.97. The summed E-state index contributed by atoms with van der Waals surface area (Å²) in [6, 6.07) is 0. The van der Waals surface area contributed by atoms with Crippen LogP contribution >= 0.6 is 0 Å². The second-order valence-corrected chi connectivity index (χ2v) is 3.74. The Labute approximate surface area is 67.5 Å². The summed E-state index contributed by atoms with van der Waals surface area (Å²) in [6.45, 7) is 2.92. The van der Waals surface area contributed by atoms with E-state index in [0.29, 0.717) is 10.5 Å². The van der Waals surface area contributed by atoms with Crippen LogP contribution in [0.15, 0.2) is 0 Å². The van der Waals surface area contributed by atoms with Crippen molar-refractivity contribution in [3.8, 4) is 0 Å². The zero-order valence-electron chi connectivity index (χ0n) is 6.90. The fraction of sp³-hybridized carbons (Fsp3) is 1.00. The van der Waals surface area contributed by atoms with Crippen molar-refractivity contribution in [2.75, 3.05) is 6.61 Å². The van der Waals surface area contributed by atoms with E-state index in [9.17, 15) is 13.2 Å². The van der Waals surface area contributed by atoms with Crippen LogP contribution in [0.1, 0.15) is 13.8 Å². The van der Waals surface area contributed by atoms with Gasteiger partial charge < -0.3 is 4.43 Å². The maximum atomic E-state index is 12.7. The van der Waals surface area contributed by atoms with E-state index in [4.69, 9.17) is 4.43 Å². The molecule has 0 aliphatic heterocycles. The first kappa shape index (κ1) is 11.0. The van der Waals surface area contributed by atoms with Gasteiger partial charge in [-0.15, -0.1) is 0 Å². The average Bonchev–Trinajstić information content (AvgIpc) is 1.86. The largest absolute Gasteiger partial charge is 0.427 e. The van der Waals surface area contributed by atoms with Crippen LogP contribution < -0.4 is 0 Å². The van der Waals surface area contributed by atoms with Gasteiger partial charge in [-0.25, -0.2) is 13.2 Å². The minimum absolute atomic E-state index is 0.0602. The van der Waals surface area contributed by atoms with E-state index in [1.54, 1.807) is 0 Å². The molecule has 0 aliphatic carbocycles. The Hall–Kier alpha value is -0.0331. The Bertz CT molecular complexity index is 118. The molecule has 0 saturated heterocycles. The fourth-order valence-electron chi connectivity index (χ4n) is 0.793. The first-order chi connectivity index (χ1) is 4.91. The second-order valence-electron chi connectivity index (χ2n) is 3.16. The lowest BCUT2D eigenvalue weighted by atomic mass is 9.89. The predicted octanol–water partition coefficient (Wildman–Crippen LogP) is 0.913. The highest BCUT2D eigenvalue weighted by Gasteiger charge is 2.36. The zero-order chi connectivity index (χ0) is 9.07. The van der Waals surface area contributed by atoms with Crippen molar-refractivity contribution >= 4 is 10.5 Å². The highest BCUT2D eigenvalue weighted by Crippen LogP contribution is 2.28. The molecule has 0 N–H and O–H groups in total. The first-order valence-electron chi connectivity index (χ1n) is 3.33. The normalized spacial score (nSPS) is 15.8. The van der Waals surface area contributed by atoms with Gasteiger partial charge in [0.2, 0.25) is 0 Å². The number of halogens is 3. The lowest BCUT2D eigenvalue weighted by Gasteiger charge is -2.27. The van der Waals surface area contributed by atoms with Crippen LogP contribution in [0.2, 0.25) is 0 Å². The predicted molar refractivity (Wildman–Crippen MR) is 40.6 cm³/mol. The molecule has 0 aromatic rings. The Kier molecular flexibility index (Phi) is 4.10. The molecule has 0 aromatic heterocycles. The van der Waals surface area contributed by atoms with E-state index >= 15 is 0 Å². The third-order valence-corrected chi connectivity index (χ3v) is 1.77. The molecule has 0 amide bonds. The van der Waals surface area contributed by atoms with Gasteiger partial charge in [0, 0.05) is 12.0 Å². The number of hydrogen-bond donors (Lipinski definition) is 0. The molecule has 0 aromatic carbocycles. The van der Waals surface area contributed by atoms with Gasteiger partial charge in [-0.05, 0) is 0 Å². The monoisotopic (exact) mass is 186 g/mol. The van der Waals surface area contributed by atoms with E-state index in [2.05, 4.69) is 0 Å². The van der Waals surface area contributed by atoms with Gasteiger partial charge in [-0.3, -0.25) is 0 Å². The van der Waals surface area contributed by atoms with E-state index in [1.165, 1.54) is 13.8 Å². The number of alkyl halides is 3. The third kappa shape index (κ3) is 3.24. The van der Waals surface area contributed by atoms with Crippen LogP contribution in [0, 0.1) is 5.41 Å². The van der Waals surface area contributed by atoms with Crippen LogP contribution in [0.25, 0.3) is 0 Å². The average molecular weight is 186 g/mol. The minimum Gasteiger partial charge on any atom is -0.427 e. The summed E-state index contributed by atoms with van der Waals surface area (Å²) in [6.07, 6.45) is -5.02. The molecule has 0 spiro atoms. The van der Waals surface area contributed by atoms with Crippen molar-refractivity contribution in [1.29, 1.82) is 0 Å². The van der Waals surface area contributed by atoms with Gasteiger partial charge in [0.25, 0.3) is 6.43 Å². The Morgan fingerprint density at radius 1 is 1.36 bits per heavy atom. The molecule has 0 bridgehead atoms. The molecular formula is C6H13F3OSi. The Balaban J connectivity index is 4.05. The number of rotatable bonds is 4. The molecule has 0 saturated carbocycles. The van der Waals surface area contributed by atoms with E-state index in [0.717, 1.165) is 0 Å². The molecule has 1 unspecified atom stereocenters. The lowest BCUT2D eigenvalue weighted by Crippen LogP contribution is -2.35. The van der Waals surface area contributed by atoms with Crippen molar-refractivity contribution in [1.82, 2.24) is 0 Å². The molecule has 11 heavy (non-hydrogen) atoms. The van der Waals surface area contributed by atoms with E-state index in [-0.39, 0.29) is 6.61 Å². The van der Waals surface area contributed by atoms with Gasteiger partial charge in [-0.1, -0.05) is 13.8 Å². The maximum Gasteiger partial charge on any atom is 0.269 e. The summed E-state index contributed by atoms with van der Waals surface area (Å²) in [4.78, 5) is 0. The molecule has 0 radical (unpaired) electrons. The quantitative estimate of drug-likeness (QED) is 0.593. The maximum absolute atomic E-state index is 12.7. The molecule has 0 aliphatic rings. The first-order valence-corrected chi connectivity index (χ1v) is 4.14. The van der Waals surface area contributed by atoms with Crippen LogP contribution in [0.5, 0.6) is 0 Å². The van der Waals surface area contributed by atoms with Crippen LogP contribution in [0.3, 0.4) is 0 Å². The SMILES string of the molecule is CC(C)(CO[SiH3])C(F)C(F)F. The van der Waals surface area contributed by atoms with Crippen molar-refractivity contribution in [2.24, 2.45) is 5.41 Å². The molecule has 0 heterocycles. The summed E-state index contributed by atoms with van der Waals surface area (Å²) in [5.41, 5.74) is -1.07. The van der Waals surface area contributed by atoms with Crippen molar-refractivity contribution < 1.29 is 17.6 Å². The van der Waals surface area contributed by atoms with E-state index < -0.39 is 18.0 Å². The van der Waals surface area contributed by atoms with E-state index in [1.807, 2.05) is 0 Å². The highest BCUT2D eigenvalue weighted by atomic mass is 28.2. The van der Waals surface area contributed by atoms with Crippen molar-refractivity contribution in [2.45, 2.75) is 26.4 Å². The standard InChI is InChI=1S/C6H13F3OSi/c1-6(2,3-10-11)4(7)5(8)9/h4-5H,3H2,1-2,11H3. The molecular weight excluding hydrogens is 173 g/mol. The number of hydrogen-bond acceptors (Lipinski definition) is 1. The molecule has 5 heteroatoms. The van der Waals surface area contributed by atoms with Crippen LogP contribution in [-0.2, 0) is 4.43 Å². The summed E-state index contributed by atoms with van der Waals surface area (Å²) in [5, 5.41) is 0. The Morgan fingerprint density at radius 2 is 1.82 bits per heavy atom. The molecule has 1 nitrogen and oxygen atoms in total. The van der Waals surface area contributed by atoms with Crippen LogP contribution in [-0.4, -0.2) is 29.7 Å². The van der Waals surface area contributed by atoms with Gasteiger partial charge in [-0.2, -0.15) is 0 Å². The molecule has 1 atom stereocenters. The lowest BCUT2D eigenvalue weighted by molar-refractivity contribution is -0.0339. The summed E-state index contributed by atoms with van der Waals surface area (Å²) in [5.74, 6) is 0. The fourth-order valence-corrected chi connectivity index (χ4v) is 1.54. The summed E-state index contributed by atoms with van der Waals surface area (Å²) < 4.78 is 41.1. The minimum atomic E-state index is -2.91. The molecule has 0 fully saturated rings. The van der Waals surface area contributed by atoms with Gasteiger partial charge in [0.1, 0.15) is 10.5 Å². The Morgan fingerprint density at radius 3 is 2.09 bits per heavy atom.